The Morgan fingerprint density at radius 2 is 1.88 bits per heavy atom. The summed E-state index contributed by atoms with van der Waals surface area (Å²) in [5.41, 5.74) is -3.46. The first-order valence-corrected chi connectivity index (χ1v) is 4.39. The van der Waals surface area contributed by atoms with E-state index in [1.807, 2.05) is 0 Å². The maximum absolute atomic E-state index is 12.6. The number of para-hydroxylation sites is 1. The van der Waals surface area contributed by atoms with Crippen molar-refractivity contribution in [3.8, 4) is 0 Å². The van der Waals surface area contributed by atoms with Crippen LogP contribution in [0.5, 0.6) is 0 Å². The summed E-state index contributed by atoms with van der Waals surface area (Å²) in [5.74, 6) is 0. The molecule has 1 aromatic rings. The first-order valence-electron chi connectivity index (χ1n) is 4.39. The highest BCUT2D eigenvalue weighted by atomic mass is 19.4. The fourth-order valence-electron chi connectivity index (χ4n) is 1.25. The minimum atomic E-state index is -4.81. The van der Waals surface area contributed by atoms with Gasteiger partial charge in [0.1, 0.15) is 0 Å². The van der Waals surface area contributed by atoms with Crippen molar-refractivity contribution in [1.29, 1.82) is 0 Å². The number of amides is 1. The van der Waals surface area contributed by atoms with E-state index in [2.05, 4.69) is 5.32 Å². The number of nitrogens with one attached hydrogen (secondary N) is 1. The van der Waals surface area contributed by atoms with Crippen LogP contribution in [-0.4, -0.2) is 17.7 Å². The van der Waals surface area contributed by atoms with E-state index in [-0.39, 0.29) is 12.1 Å². The monoisotopic (exact) mass is 233 g/mol. The highest BCUT2D eigenvalue weighted by Crippen LogP contribution is 2.41. The smallest absolute Gasteiger partial charge is 0.376 e. The third-order valence-corrected chi connectivity index (χ3v) is 2.22. The lowest BCUT2D eigenvalue weighted by Gasteiger charge is -2.28. The molecular weight excluding hydrogens is 223 g/mol. The highest BCUT2D eigenvalue weighted by molar-refractivity contribution is 5.74. The second kappa shape index (κ2) is 4.13. The molecule has 16 heavy (non-hydrogen) atoms. The number of carbonyl (C=O) groups is 1. The zero-order valence-electron chi connectivity index (χ0n) is 8.38. The predicted molar refractivity (Wildman–Crippen MR) is 51.8 cm³/mol. The molecule has 0 bridgehead atoms. The van der Waals surface area contributed by atoms with E-state index < -0.39 is 17.3 Å². The second-order valence-electron chi connectivity index (χ2n) is 3.38. The van der Waals surface area contributed by atoms with Crippen LogP contribution in [0.4, 0.5) is 18.9 Å². The first kappa shape index (κ1) is 12.5. The summed E-state index contributed by atoms with van der Waals surface area (Å²) >= 11 is 0. The van der Waals surface area contributed by atoms with Crippen molar-refractivity contribution >= 4 is 12.1 Å². The Bertz CT molecular complexity index is 388. The minimum absolute atomic E-state index is 0.0696. The fraction of sp³-hybridized carbons (Fsp3) is 0.300. The van der Waals surface area contributed by atoms with Crippen LogP contribution in [0, 0.1) is 0 Å². The van der Waals surface area contributed by atoms with Gasteiger partial charge in [0.15, 0.2) is 5.60 Å². The molecule has 0 aromatic heterocycles. The Labute approximate surface area is 89.9 Å². The Kier molecular flexibility index (Phi) is 3.23. The Balaban J connectivity index is 3.26. The molecule has 0 radical (unpaired) electrons. The Morgan fingerprint density at radius 3 is 2.38 bits per heavy atom. The van der Waals surface area contributed by atoms with Gasteiger partial charge in [-0.15, -0.1) is 0 Å². The average molecular weight is 233 g/mol. The van der Waals surface area contributed by atoms with Crippen molar-refractivity contribution in [2.75, 3.05) is 5.32 Å². The Hall–Kier alpha value is -1.56. The first-order chi connectivity index (χ1) is 7.30. The van der Waals surface area contributed by atoms with Gasteiger partial charge in [0.05, 0.1) is 0 Å². The van der Waals surface area contributed by atoms with Gasteiger partial charge in [-0.3, -0.25) is 4.79 Å². The van der Waals surface area contributed by atoms with Crippen molar-refractivity contribution < 1.29 is 23.1 Å². The molecule has 6 heteroatoms. The van der Waals surface area contributed by atoms with Gasteiger partial charge < -0.3 is 10.4 Å². The maximum atomic E-state index is 12.6. The lowest BCUT2D eigenvalue weighted by Crippen LogP contribution is -2.39. The van der Waals surface area contributed by atoms with Crippen molar-refractivity contribution in [2.24, 2.45) is 0 Å². The van der Waals surface area contributed by atoms with Crippen LogP contribution in [0.25, 0.3) is 0 Å². The molecule has 3 nitrogen and oxygen atoms in total. The van der Waals surface area contributed by atoms with Gasteiger partial charge in [-0.1, -0.05) is 18.2 Å². The SMILES string of the molecule is CC(O)(c1ccccc1NC=O)C(F)(F)F. The minimum Gasteiger partial charge on any atom is -0.376 e. The molecular formula is C10H10F3NO2. The van der Waals surface area contributed by atoms with Crippen LogP contribution in [0.3, 0.4) is 0 Å². The van der Waals surface area contributed by atoms with Gasteiger partial charge >= 0.3 is 6.18 Å². The van der Waals surface area contributed by atoms with Crippen LogP contribution >= 0.6 is 0 Å². The van der Waals surface area contributed by atoms with E-state index in [1.165, 1.54) is 18.2 Å². The van der Waals surface area contributed by atoms with Crippen molar-refractivity contribution in [1.82, 2.24) is 0 Å². The summed E-state index contributed by atoms with van der Waals surface area (Å²) < 4.78 is 37.7. The van der Waals surface area contributed by atoms with E-state index in [4.69, 9.17) is 0 Å². The second-order valence-corrected chi connectivity index (χ2v) is 3.38. The molecule has 1 aromatic carbocycles. The highest BCUT2D eigenvalue weighted by Gasteiger charge is 2.52. The van der Waals surface area contributed by atoms with Crippen LogP contribution in [0.15, 0.2) is 24.3 Å². The molecule has 1 amide bonds. The molecule has 88 valence electrons. The number of carbonyl (C=O) groups excluding carboxylic acids is 1. The number of hydrogen-bond acceptors (Lipinski definition) is 2. The summed E-state index contributed by atoms with van der Waals surface area (Å²) in [6.07, 6.45) is -4.56. The van der Waals surface area contributed by atoms with Crippen LogP contribution < -0.4 is 5.32 Å². The van der Waals surface area contributed by atoms with E-state index >= 15 is 0 Å². The lowest BCUT2D eigenvalue weighted by atomic mass is 9.93. The van der Waals surface area contributed by atoms with Crippen LogP contribution in [0.1, 0.15) is 12.5 Å². The fourth-order valence-corrected chi connectivity index (χ4v) is 1.25. The zero-order valence-corrected chi connectivity index (χ0v) is 8.38. The molecule has 0 spiro atoms. The molecule has 0 aliphatic heterocycles. The van der Waals surface area contributed by atoms with Crippen molar-refractivity contribution in [3.63, 3.8) is 0 Å². The number of anilines is 1. The van der Waals surface area contributed by atoms with Gasteiger partial charge in [-0.05, 0) is 13.0 Å². The molecule has 1 rings (SSSR count). The maximum Gasteiger partial charge on any atom is 0.421 e. The summed E-state index contributed by atoms with van der Waals surface area (Å²) in [6, 6.07) is 5.20. The van der Waals surface area contributed by atoms with Crippen molar-refractivity contribution in [3.05, 3.63) is 29.8 Å². The average Bonchev–Trinajstić information content (AvgIpc) is 2.17. The number of alkyl halides is 3. The summed E-state index contributed by atoms with van der Waals surface area (Å²) in [4.78, 5) is 10.2. The number of hydrogen-bond donors (Lipinski definition) is 2. The molecule has 0 fully saturated rings. The Morgan fingerprint density at radius 1 is 1.31 bits per heavy atom. The third kappa shape index (κ3) is 2.16. The van der Waals surface area contributed by atoms with Crippen LogP contribution in [-0.2, 0) is 10.4 Å². The number of halogens is 3. The molecule has 0 aliphatic rings. The van der Waals surface area contributed by atoms with Crippen molar-refractivity contribution in [2.45, 2.75) is 18.7 Å². The topological polar surface area (TPSA) is 49.3 Å². The predicted octanol–water partition coefficient (Wildman–Crippen LogP) is 2.02. The molecule has 0 saturated carbocycles. The van der Waals surface area contributed by atoms with Gasteiger partial charge in [-0.25, -0.2) is 0 Å². The van der Waals surface area contributed by atoms with Gasteiger partial charge in [0.2, 0.25) is 6.41 Å². The summed E-state index contributed by atoms with van der Waals surface area (Å²) in [5, 5.41) is 11.6. The third-order valence-electron chi connectivity index (χ3n) is 2.22. The summed E-state index contributed by atoms with van der Waals surface area (Å²) in [7, 11) is 0. The lowest BCUT2D eigenvalue weighted by molar-refractivity contribution is -0.258. The molecule has 0 saturated heterocycles. The largest absolute Gasteiger partial charge is 0.421 e. The number of rotatable bonds is 3. The molecule has 2 N–H and O–H groups in total. The van der Waals surface area contributed by atoms with Gasteiger partial charge in [0.25, 0.3) is 0 Å². The molecule has 1 atom stereocenters. The number of benzene rings is 1. The van der Waals surface area contributed by atoms with E-state index in [1.54, 1.807) is 0 Å². The number of aliphatic hydroxyl groups is 1. The molecule has 0 heterocycles. The standard InChI is InChI=1S/C10H10F3NO2/c1-9(16,10(11,12)13)7-4-2-3-5-8(7)14-6-15/h2-6,16H,1H3,(H,14,15). The quantitative estimate of drug-likeness (QED) is 0.785. The van der Waals surface area contributed by atoms with Gasteiger partial charge in [-0.2, -0.15) is 13.2 Å². The zero-order chi connectivity index (χ0) is 12.4. The van der Waals surface area contributed by atoms with Crippen LogP contribution in [0.2, 0.25) is 0 Å². The van der Waals surface area contributed by atoms with Gasteiger partial charge in [0, 0.05) is 11.3 Å². The van der Waals surface area contributed by atoms with E-state index in [9.17, 15) is 23.1 Å². The molecule has 0 aliphatic carbocycles. The summed E-state index contributed by atoms with van der Waals surface area (Å²) in [6.45, 7) is 0.637. The van der Waals surface area contributed by atoms with E-state index in [0.29, 0.717) is 6.92 Å². The normalized spacial score (nSPS) is 15.3. The van der Waals surface area contributed by atoms with E-state index in [0.717, 1.165) is 6.07 Å². The molecule has 1 unspecified atom stereocenters.